The molecule has 8 nitrogen and oxygen atoms in total. The van der Waals surface area contributed by atoms with E-state index in [4.69, 9.17) is 9.15 Å². The van der Waals surface area contributed by atoms with Gasteiger partial charge in [0.15, 0.2) is 11.6 Å². The highest BCUT2D eigenvalue weighted by Gasteiger charge is 2.30. The lowest BCUT2D eigenvalue weighted by Crippen LogP contribution is -2.49. The zero-order valence-electron chi connectivity index (χ0n) is 17.2. The Balaban J connectivity index is 1.47. The molecule has 0 atom stereocenters. The lowest BCUT2D eigenvalue weighted by atomic mass is 10.1. The maximum Gasteiger partial charge on any atom is 0.243 e. The van der Waals surface area contributed by atoms with E-state index < -0.39 is 10.0 Å². The Morgan fingerprint density at radius 1 is 1.00 bits per heavy atom. The quantitative estimate of drug-likeness (QED) is 0.617. The first kappa shape index (κ1) is 20.4. The number of benzene rings is 1. The third-order valence-electron chi connectivity index (χ3n) is 5.30. The lowest BCUT2D eigenvalue weighted by Gasteiger charge is -2.34. The van der Waals surface area contributed by atoms with E-state index in [2.05, 4.69) is 10.2 Å². The van der Waals surface area contributed by atoms with Crippen LogP contribution in [-0.4, -0.2) is 56.2 Å². The van der Waals surface area contributed by atoms with Crippen molar-refractivity contribution in [3.8, 4) is 17.2 Å². The number of hydrogen-bond acceptors (Lipinski definition) is 7. The summed E-state index contributed by atoms with van der Waals surface area (Å²) in [5.41, 5.74) is 2.14. The van der Waals surface area contributed by atoms with Crippen LogP contribution in [0.4, 0.5) is 5.82 Å². The molecule has 4 rings (SSSR count). The van der Waals surface area contributed by atoms with Gasteiger partial charge in [0.05, 0.1) is 18.3 Å². The zero-order valence-corrected chi connectivity index (χ0v) is 18.0. The second kappa shape index (κ2) is 8.08. The number of ether oxygens (including phenoxy) is 1. The van der Waals surface area contributed by atoms with E-state index in [-0.39, 0.29) is 0 Å². The topological polar surface area (TPSA) is 88.8 Å². The number of piperazine rings is 1. The number of methoxy groups -OCH3 is 1. The summed E-state index contributed by atoms with van der Waals surface area (Å²) >= 11 is 0. The van der Waals surface area contributed by atoms with Crippen molar-refractivity contribution in [3.05, 3.63) is 53.8 Å². The Morgan fingerprint density at radius 3 is 2.37 bits per heavy atom. The number of aromatic nitrogens is 2. The molecule has 3 aromatic rings. The molecule has 0 amide bonds. The predicted octanol–water partition coefficient (Wildman–Crippen LogP) is 2.87. The van der Waals surface area contributed by atoms with Gasteiger partial charge < -0.3 is 14.1 Å². The van der Waals surface area contributed by atoms with Crippen molar-refractivity contribution in [1.29, 1.82) is 0 Å². The van der Waals surface area contributed by atoms with Crippen LogP contribution in [0, 0.1) is 13.8 Å². The third-order valence-corrected chi connectivity index (χ3v) is 7.34. The van der Waals surface area contributed by atoms with E-state index in [9.17, 15) is 8.42 Å². The highest BCUT2D eigenvalue weighted by molar-refractivity contribution is 7.89. The van der Waals surface area contributed by atoms with E-state index in [1.54, 1.807) is 38.5 Å². The molecule has 1 fully saturated rings. The number of nitrogens with zero attached hydrogens (tertiary/aromatic N) is 4. The van der Waals surface area contributed by atoms with Crippen molar-refractivity contribution in [2.45, 2.75) is 18.7 Å². The van der Waals surface area contributed by atoms with E-state index in [0.717, 1.165) is 11.4 Å². The molecule has 3 heterocycles. The number of sulfonamides is 1. The van der Waals surface area contributed by atoms with Crippen LogP contribution in [-0.2, 0) is 10.0 Å². The first-order valence-corrected chi connectivity index (χ1v) is 11.1. The highest BCUT2D eigenvalue weighted by atomic mass is 32.2. The molecule has 0 unspecified atom stereocenters. The fraction of sp³-hybridized carbons (Fsp3) is 0.333. The maximum absolute atomic E-state index is 13.2. The number of rotatable bonds is 5. The van der Waals surface area contributed by atoms with Crippen LogP contribution in [0.2, 0.25) is 0 Å². The van der Waals surface area contributed by atoms with Gasteiger partial charge >= 0.3 is 0 Å². The van der Waals surface area contributed by atoms with E-state index in [0.29, 0.717) is 53.8 Å². The largest absolute Gasteiger partial charge is 0.496 e. The molecule has 158 valence electrons. The number of furan rings is 1. The minimum Gasteiger partial charge on any atom is -0.496 e. The van der Waals surface area contributed by atoms with Crippen molar-refractivity contribution < 1.29 is 17.6 Å². The Labute approximate surface area is 176 Å². The molecular formula is C21H24N4O4S. The van der Waals surface area contributed by atoms with Crippen LogP contribution in [0.3, 0.4) is 0 Å². The van der Waals surface area contributed by atoms with Gasteiger partial charge in [-0.05, 0) is 61.4 Å². The summed E-state index contributed by atoms with van der Waals surface area (Å²) in [6.45, 7) is 5.49. The van der Waals surface area contributed by atoms with Crippen LogP contribution in [0.15, 0.2) is 52.0 Å². The minimum atomic E-state index is -3.58. The Morgan fingerprint density at radius 2 is 1.77 bits per heavy atom. The van der Waals surface area contributed by atoms with Gasteiger partial charge in [-0.3, -0.25) is 0 Å². The number of aryl methyl sites for hydroxylation is 2. The first-order valence-electron chi connectivity index (χ1n) is 9.68. The Hall–Kier alpha value is -2.91. The van der Waals surface area contributed by atoms with Gasteiger partial charge in [-0.2, -0.15) is 4.31 Å². The molecular weight excluding hydrogens is 404 g/mol. The molecule has 0 bridgehead atoms. The van der Waals surface area contributed by atoms with Gasteiger partial charge in [-0.1, -0.05) is 0 Å². The molecule has 1 aromatic carbocycles. The van der Waals surface area contributed by atoms with Gasteiger partial charge in [-0.25, -0.2) is 8.42 Å². The van der Waals surface area contributed by atoms with Crippen LogP contribution >= 0.6 is 0 Å². The van der Waals surface area contributed by atoms with Gasteiger partial charge in [0, 0.05) is 26.2 Å². The predicted molar refractivity (Wildman–Crippen MR) is 113 cm³/mol. The number of anilines is 1. The SMILES string of the molecule is COc1cc(C)c(S(=O)(=O)N2CCN(c3ccc(-c4ccco4)nn3)CC2)cc1C. The van der Waals surface area contributed by atoms with Crippen molar-refractivity contribution >= 4 is 15.8 Å². The summed E-state index contributed by atoms with van der Waals surface area (Å²) in [5.74, 6) is 2.07. The summed E-state index contributed by atoms with van der Waals surface area (Å²) in [6, 6.07) is 10.8. The fourth-order valence-electron chi connectivity index (χ4n) is 3.61. The van der Waals surface area contributed by atoms with Crippen LogP contribution in [0.5, 0.6) is 5.75 Å². The fourth-order valence-corrected chi connectivity index (χ4v) is 5.32. The molecule has 0 saturated carbocycles. The molecule has 30 heavy (non-hydrogen) atoms. The normalized spacial score (nSPS) is 15.4. The monoisotopic (exact) mass is 428 g/mol. The van der Waals surface area contributed by atoms with Crippen molar-refractivity contribution in [3.63, 3.8) is 0 Å². The zero-order chi connectivity index (χ0) is 21.3. The molecule has 0 radical (unpaired) electrons. The summed E-state index contributed by atoms with van der Waals surface area (Å²) in [6.07, 6.45) is 1.59. The number of hydrogen-bond donors (Lipinski definition) is 0. The molecule has 2 aromatic heterocycles. The summed E-state index contributed by atoms with van der Waals surface area (Å²) in [5, 5.41) is 8.50. The molecule has 0 aliphatic carbocycles. The van der Waals surface area contributed by atoms with Crippen molar-refractivity contribution in [1.82, 2.24) is 14.5 Å². The molecule has 1 aliphatic heterocycles. The Bertz CT molecular complexity index is 1120. The van der Waals surface area contributed by atoms with Crippen molar-refractivity contribution in [2.24, 2.45) is 0 Å². The van der Waals surface area contributed by atoms with E-state index in [1.807, 2.05) is 30.0 Å². The summed E-state index contributed by atoms with van der Waals surface area (Å²) in [4.78, 5) is 2.37. The van der Waals surface area contributed by atoms with E-state index >= 15 is 0 Å². The highest BCUT2D eigenvalue weighted by Crippen LogP contribution is 2.28. The minimum absolute atomic E-state index is 0.330. The van der Waals surface area contributed by atoms with Gasteiger partial charge in [0.2, 0.25) is 10.0 Å². The first-order chi connectivity index (χ1) is 14.4. The third kappa shape index (κ3) is 3.78. The average molecular weight is 429 g/mol. The maximum atomic E-state index is 13.2. The van der Waals surface area contributed by atoms with Gasteiger partial charge in [0.1, 0.15) is 11.4 Å². The molecule has 1 aliphatic rings. The Kier molecular flexibility index (Phi) is 5.48. The van der Waals surface area contributed by atoms with Crippen molar-refractivity contribution in [2.75, 3.05) is 38.2 Å². The van der Waals surface area contributed by atoms with Gasteiger partial charge in [0.25, 0.3) is 0 Å². The van der Waals surface area contributed by atoms with Crippen LogP contribution in [0.1, 0.15) is 11.1 Å². The summed E-state index contributed by atoms with van der Waals surface area (Å²) in [7, 11) is -2.00. The van der Waals surface area contributed by atoms with Crippen LogP contribution < -0.4 is 9.64 Å². The second-order valence-corrected chi connectivity index (χ2v) is 9.14. The molecule has 9 heteroatoms. The van der Waals surface area contributed by atoms with Gasteiger partial charge in [-0.15, -0.1) is 10.2 Å². The molecule has 0 spiro atoms. The lowest BCUT2D eigenvalue weighted by molar-refractivity contribution is 0.382. The van der Waals surface area contributed by atoms with Crippen LogP contribution in [0.25, 0.3) is 11.5 Å². The molecule has 0 N–H and O–H groups in total. The second-order valence-electron chi connectivity index (χ2n) is 7.23. The smallest absolute Gasteiger partial charge is 0.243 e. The molecule has 1 saturated heterocycles. The van der Waals surface area contributed by atoms with E-state index in [1.165, 1.54) is 4.31 Å². The summed E-state index contributed by atoms with van der Waals surface area (Å²) < 4.78 is 38.6. The standard InChI is InChI=1S/C21H24N4O4S/c1-15-14-20(16(2)13-19(15)28-3)30(26,27)25-10-8-24(9-11-25)21-7-6-17(22-23-21)18-5-4-12-29-18/h4-7,12-14H,8-11H2,1-3H3. The average Bonchev–Trinajstić information content (AvgIpc) is 3.30.